The summed E-state index contributed by atoms with van der Waals surface area (Å²) in [5.74, 6) is 0.243. The van der Waals surface area contributed by atoms with Gasteiger partial charge in [0.15, 0.2) is 0 Å². The summed E-state index contributed by atoms with van der Waals surface area (Å²) in [4.78, 5) is 27.9. The Kier molecular flexibility index (Phi) is 6.90. The quantitative estimate of drug-likeness (QED) is 0.401. The van der Waals surface area contributed by atoms with E-state index >= 15 is 0 Å². The van der Waals surface area contributed by atoms with Crippen LogP contribution in [0.4, 0.5) is 5.82 Å². The molecule has 0 radical (unpaired) electrons. The molecule has 0 saturated heterocycles. The molecule has 0 amide bonds. The summed E-state index contributed by atoms with van der Waals surface area (Å²) in [6.07, 6.45) is 7.40. The highest BCUT2D eigenvalue weighted by atomic mass is 16.6. The number of carbonyl (C=O) groups is 1. The predicted molar refractivity (Wildman–Crippen MR) is 108 cm³/mol. The van der Waals surface area contributed by atoms with Gasteiger partial charge in [-0.1, -0.05) is 18.2 Å². The Bertz CT molecular complexity index is 755. The summed E-state index contributed by atoms with van der Waals surface area (Å²) in [5, 5.41) is 18.1. The van der Waals surface area contributed by atoms with Crippen molar-refractivity contribution in [1.29, 1.82) is 0 Å². The second-order valence-corrected chi connectivity index (χ2v) is 7.75. The first-order valence-electron chi connectivity index (χ1n) is 9.25. The van der Waals surface area contributed by atoms with Gasteiger partial charge >= 0.3 is 5.97 Å². The number of aromatic nitrogens is 1. The Morgan fingerprint density at radius 3 is 2.71 bits per heavy atom. The maximum absolute atomic E-state index is 12.1. The molecule has 0 aliphatic heterocycles. The lowest BCUT2D eigenvalue weighted by Crippen LogP contribution is -2.58. The number of nitro groups is 1. The van der Waals surface area contributed by atoms with E-state index in [4.69, 9.17) is 4.74 Å². The summed E-state index contributed by atoms with van der Waals surface area (Å²) in [5.41, 5.74) is -1.22. The molecule has 1 heterocycles. The number of esters is 1. The van der Waals surface area contributed by atoms with Crippen LogP contribution in [0.5, 0.6) is 0 Å². The third-order valence-electron chi connectivity index (χ3n) is 4.38. The van der Waals surface area contributed by atoms with E-state index in [9.17, 15) is 14.9 Å². The monoisotopic (exact) mass is 388 g/mol. The van der Waals surface area contributed by atoms with Crippen LogP contribution in [-0.4, -0.2) is 46.7 Å². The molecule has 8 nitrogen and oxygen atoms in total. The normalized spacial score (nSPS) is 21.7. The van der Waals surface area contributed by atoms with E-state index in [0.29, 0.717) is 12.2 Å². The zero-order chi connectivity index (χ0) is 20.8. The molecule has 0 fully saturated rings. The fraction of sp³-hybridized carbons (Fsp3) is 0.500. The molecule has 0 aromatic carbocycles. The van der Waals surface area contributed by atoms with Crippen molar-refractivity contribution < 1.29 is 14.5 Å². The smallest absolute Gasteiger partial charge is 0.306 e. The molecule has 28 heavy (non-hydrogen) atoms. The van der Waals surface area contributed by atoms with Gasteiger partial charge in [0.05, 0.1) is 6.54 Å². The average molecular weight is 388 g/mol. The maximum Gasteiger partial charge on any atom is 0.306 e. The predicted octanol–water partition coefficient (Wildman–Crippen LogP) is 2.72. The number of hydrogen-bond acceptors (Lipinski definition) is 7. The van der Waals surface area contributed by atoms with Gasteiger partial charge in [-0.25, -0.2) is 4.98 Å². The van der Waals surface area contributed by atoms with Crippen LogP contribution >= 0.6 is 0 Å². The molecule has 2 N–H and O–H groups in total. The van der Waals surface area contributed by atoms with Crippen LogP contribution in [0.3, 0.4) is 0 Å². The second-order valence-electron chi connectivity index (χ2n) is 7.75. The minimum absolute atomic E-state index is 0.0583. The SMILES string of the molecule is CNC1C=CC(CCC(=O)OC(C)(C)C)=CC1(CNc1ccccn1)[N+](=O)[O-]. The number of anilines is 1. The highest BCUT2D eigenvalue weighted by molar-refractivity contribution is 5.70. The molecule has 1 aliphatic carbocycles. The van der Waals surface area contributed by atoms with Gasteiger partial charge in [0.2, 0.25) is 0 Å². The van der Waals surface area contributed by atoms with Crippen LogP contribution in [0, 0.1) is 10.1 Å². The van der Waals surface area contributed by atoms with Gasteiger partial charge in [0.1, 0.15) is 17.5 Å². The topological polar surface area (TPSA) is 106 Å². The van der Waals surface area contributed by atoms with Crippen LogP contribution in [0.1, 0.15) is 33.6 Å². The first kappa shape index (κ1) is 21.6. The summed E-state index contributed by atoms with van der Waals surface area (Å²) >= 11 is 0. The van der Waals surface area contributed by atoms with Gasteiger partial charge in [-0.3, -0.25) is 14.9 Å². The number of ether oxygens (including phenoxy) is 1. The molecule has 0 bridgehead atoms. The lowest BCUT2D eigenvalue weighted by atomic mass is 9.82. The fourth-order valence-corrected chi connectivity index (χ4v) is 3.08. The zero-order valence-corrected chi connectivity index (χ0v) is 16.8. The van der Waals surface area contributed by atoms with Gasteiger partial charge < -0.3 is 15.4 Å². The molecule has 1 aliphatic rings. The third-order valence-corrected chi connectivity index (χ3v) is 4.38. The standard InChI is InChI=1S/C20H28N4O4/c1-19(2,3)28-18(25)11-9-15-8-10-16(21-4)20(13-15,24(26)27)14-23-17-7-5-6-12-22-17/h5-8,10,12-13,16,21H,9,11,14H2,1-4H3,(H,22,23). The molecular formula is C20H28N4O4. The fourth-order valence-electron chi connectivity index (χ4n) is 3.08. The van der Waals surface area contributed by atoms with E-state index in [-0.39, 0.29) is 23.9 Å². The summed E-state index contributed by atoms with van der Waals surface area (Å²) in [6.45, 7) is 5.48. The summed E-state index contributed by atoms with van der Waals surface area (Å²) in [6, 6.07) is 4.85. The van der Waals surface area contributed by atoms with Crippen LogP contribution in [0.2, 0.25) is 0 Å². The molecule has 2 unspecified atom stereocenters. The van der Waals surface area contributed by atoms with E-state index in [1.54, 1.807) is 37.5 Å². The average Bonchev–Trinajstić information content (AvgIpc) is 2.64. The molecule has 2 atom stereocenters. The van der Waals surface area contributed by atoms with Crippen molar-refractivity contribution in [3.05, 3.63) is 58.3 Å². The number of nitrogens with one attached hydrogen (secondary N) is 2. The van der Waals surface area contributed by atoms with Crippen molar-refractivity contribution in [2.75, 3.05) is 18.9 Å². The molecule has 152 valence electrons. The van der Waals surface area contributed by atoms with E-state index in [1.165, 1.54) is 0 Å². The Hall–Kier alpha value is -2.74. The molecule has 0 saturated carbocycles. The number of pyridine rings is 1. The first-order valence-corrected chi connectivity index (χ1v) is 9.25. The van der Waals surface area contributed by atoms with Gasteiger partial charge in [-0.2, -0.15) is 0 Å². The second kappa shape index (κ2) is 8.97. The van der Waals surface area contributed by atoms with Crippen LogP contribution in [0.25, 0.3) is 0 Å². The number of rotatable bonds is 8. The van der Waals surface area contributed by atoms with Crippen LogP contribution in [0.15, 0.2) is 48.2 Å². The first-order chi connectivity index (χ1) is 13.2. The molecule has 1 aromatic heterocycles. The van der Waals surface area contributed by atoms with E-state index < -0.39 is 17.2 Å². The Morgan fingerprint density at radius 1 is 1.39 bits per heavy atom. The highest BCUT2D eigenvalue weighted by Gasteiger charge is 2.48. The third kappa shape index (κ3) is 5.63. The van der Waals surface area contributed by atoms with Gasteiger partial charge in [-0.05, 0) is 58.0 Å². The summed E-state index contributed by atoms with van der Waals surface area (Å²) in [7, 11) is 1.69. The van der Waals surface area contributed by atoms with E-state index in [1.807, 2.05) is 32.9 Å². The van der Waals surface area contributed by atoms with Crippen LogP contribution < -0.4 is 10.6 Å². The zero-order valence-electron chi connectivity index (χ0n) is 16.8. The number of hydrogen-bond donors (Lipinski definition) is 2. The molecule has 1 aromatic rings. The van der Waals surface area contributed by atoms with Crippen molar-refractivity contribution in [2.24, 2.45) is 0 Å². The minimum Gasteiger partial charge on any atom is -0.460 e. The minimum atomic E-state index is -1.40. The number of nitrogens with zero attached hydrogens (tertiary/aromatic N) is 2. The molecule has 0 spiro atoms. The number of likely N-dealkylation sites (N-methyl/N-ethyl adjacent to an activating group) is 1. The number of carbonyl (C=O) groups excluding carboxylic acids is 1. The van der Waals surface area contributed by atoms with E-state index in [0.717, 1.165) is 5.57 Å². The summed E-state index contributed by atoms with van der Waals surface area (Å²) < 4.78 is 5.32. The largest absolute Gasteiger partial charge is 0.460 e. The van der Waals surface area contributed by atoms with Crippen molar-refractivity contribution in [2.45, 2.75) is 50.8 Å². The Balaban J connectivity index is 2.17. The van der Waals surface area contributed by atoms with Gasteiger partial charge in [0, 0.05) is 17.5 Å². The van der Waals surface area contributed by atoms with Crippen molar-refractivity contribution in [1.82, 2.24) is 10.3 Å². The van der Waals surface area contributed by atoms with Crippen molar-refractivity contribution >= 4 is 11.8 Å². The number of allylic oxidation sites excluding steroid dienone is 2. The molecular weight excluding hydrogens is 360 g/mol. The lowest BCUT2D eigenvalue weighted by molar-refractivity contribution is -0.554. The molecule has 2 rings (SSSR count). The van der Waals surface area contributed by atoms with Crippen molar-refractivity contribution in [3.8, 4) is 0 Å². The Morgan fingerprint density at radius 2 is 2.14 bits per heavy atom. The van der Waals surface area contributed by atoms with E-state index in [2.05, 4.69) is 15.6 Å². The lowest BCUT2D eigenvalue weighted by Gasteiger charge is -2.32. The maximum atomic E-state index is 12.1. The van der Waals surface area contributed by atoms with Crippen LogP contribution in [-0.2, 0) is 9.53 Å². The van der Waals surface area contributed by atoms with Crippen molar-refractivity contribution in [3.63, 3.8) is 0 Å². The van der Waals surface area contributed by atoms with Gasteiger partial charge in [-0.15, -0.1) is 0 Å². The Labute approximate surface area is 165 Å². The highest BCUT2D eigenvalue weighted by Crippen LogP contribution is 2.28. The van der Waals surface area contributed by atoms with Gasteiger partial charge in [0.25, 0.3) is 5.54 Å². The molecule has 8 heteroatoms.